The molecule has 0 bridgehead atoms. The molecular formula is C23H26ClNO. The van der Waals surface area contributed by atoms with Gasteiger partial charge < -0.3 is 4.74 Å². The highest BCUT2D eigenvalue weighted by Crippen LogP contribution is 2.22. The van der Waals surface area contributed by atoms with Gasteiger partial charge in [0.05, 0.1) is 12.3 Å². The van der Waals surface area contributed by atoms with Crippen LogP contribution in [0.5, 0.6) is 5.75 Å². The van der Waals surface area contributed by atoms with Gasteiger partial charge in [0.15, 0.2) is 0 Å². The van der Waals surface area contributed by atoms with Crippen molar-refractivity contribution >= 4 is 35.3 Å². The molecule has 2 aromatic carbocycles. The Kier molecular flexibility index (Phi) is 7.68. The van der Waals surface area contributed by atoms with E-state index in [1.807, 2.05) is 19.2 Å². The van der Waals surface area contributed by atoms with Crippen molar-refractivity contribution < 1.29 is 4.74 Å². The second-order valence-corrected chi connectivity index (χ2v) is 6.33. The summed E-state index contributed by atoms with van der Waals surface area (Å²) in [4.78, 5) is 4.51. The lowest BCUT2D eigenvalue weighted by atomic mass is 10.0. The standard InChI is InChI=1S/C23H25NO.ClH/c1-3-4-7-15-25-23-16-21(24-17-18(23)2)14-13-20-11-8-10-19-9-5-6-12-22(19)20;/h5-6,8-14,16-17H,3-4,7,15H2,1-2H3;1H. The number of nitrogens with zero attached hydrogens (tertiary/aromatic N) is 1. The summed E-state index contributed by atoms with van der Waals surface area (Å²) in [6.45, 7) is 5.01. The Bertz CT molecular complexity index is 868. The Hall–Kier alpha value is -2.32. The molecule has 0 N–H and O–H groups in total. The molecule has 0 saturated heterocycles. The first-order valence-corrected chi connectivity index (χ1v) is 9.03. The Morgan fingerprint density at radius 2 is 1.81 bits per heavy atom. The molecule has 0 spiro atoms. The molecule has 3 aromatic rings. The van der Waals surface area contributed by atoms with Crippen LogP contribution in [0.3, 0.4) is 0 Å². The van der Waals surface area contributed by atoms with E-state index in [-0.39, 0.29) is 12.4 Å². The van der Waals surface area contributed by atoms with Crippen LogP contribution in [0.2, 0.25) is 0 Å². The van der Waals surface area contributed by atoms with Crippen molar-refractivity contribution in [3.8, 4) is 5.75 Å². The number of hydrogen-bond acceptors (Lipinski definition) is 2. The number of halogens is 1. The maximum absolute atomic E-state index is 5.93. The van der Waals surface area contributed by atoms with E-state index in [1.54, 1.807) is 0 Å². The fraction of sp³-hybridized carbons (Fsp3) is 0.261. The van der Waals surface area contributed by atoms with Crippen LogP contribution in [0.4, 0.5) is 0 Å². The average Bonchev–Trinajstić information content (AvgIpc) is 2.65. The van der Waals surface area contributed by atoms with E-state index in [0.29, 0.717) is 0 Å². The van der Waals surface area contributed by atoms with E-state index < -0.39 is 0 Å². The molecule has 1 heterocycles. The smallest absolute Gasteiger partial charge is 0.125 e. The van der Waals surface area contributed by atoms with Crippen LogP contribution in [-0.4, -0.2) is 11.6 Å². The van der Waals surface area contributed by atoms with Crippen LogP contribution >= 0.6 is 12.4 Å². The molecule has 3 rings (SSSR count). The molecule has 1 aromatic heterocycles. The predicted octanol–water partition coefficient (Wildman–Crippen LogP) is 6.70. The number of pyridine rings is 1. The summed E-state index contributed by atoms with van der Waals surface area (Å²) in [6, 6.07) is 16.8. The van der Waals surface area contributed by atoms with Gasteiger partial charge in [-0.1, -0.05) is 68.3 Å². The normalized spacial score (nSPS) is 10.8. The van der Waals surface area contributed by atoms with Gasteiger partial charge in [0, 0.05) is 17.8 Å². The van der Waals surface area contributed by atoms with Gasteiger partial charge in [0.2, 0.25) is 0 Å². The first kappa shape index (κ1) is 20.0. The largest absolute Gasteiger partial charge is 0.493 e. The minimum Gasteiger partial charge on any atom is -0.493 e. The summed E-state index contributed by atoms with van der Waals surface area (Å²) in [6.07, 6.45) is 9.58. The lowest BCUT2D eigenvalue weighted by Crippen LogP contribution is -1.99. The van der Waals surface area contributed by atoms with E-state index in [2.05, 4.69) is 66.5 Å². The Balaban J connectivity index is 0.00000243. The monoisotopic (exact) mass is 367 g/mol. The van der Waals surface area contributed by atoms with Crippen molar-refractivity contribution in [2.75, 3.05) is 6.61 Å². The van der Waals surface area contributed by atoms with E-state index >= 15 is 0 Å². The molecule has 3 heteroatoms. The van der Waals surface area contributed by atoms with Crippen molar-refractivity contribution in [3.05, 3.63) is 71.5 Å². The first-order valence-electron chi connectivity index (χ1n) is 9.03. The second-order valence-electron chi connectivity index (χ2n) is 6.33. The number of aromatic nitrogens is 1. The minimum absolute atomic E-state index is 0. The molecular weight excluding hydrogens is 342 g/mol. The van der Waals surface area contributed by atoms with Crippen LogP contribution in [0, 0.1) is 6.92 Å². The predicted molar refractivity (Wildman–Crippen MR) is 114 cm³/mol. The minimum atomic E-state index is 0. The van der Waals surface area contributed by atoms with Gasteiger partial charge in [0.1, 0.15) is 5.75 Å². The molecule has 0 fully saturated rings. The van der Waals surface area contributed by atoms with Gasteiger partial charge in [-0.15, -0.1) is 12.4 Å². The molecule has 0 aliphatic carbocycles. The molecule has 0 aliphatic rings. The highest BCUT2D eigenvalue weighted by molar-refractivity contribution is 5.92. The fourth-order valence-electron chi connectivity index (χ4n) is 2.87. The highest BCUT2D eigenvalue weighted by Gasteiger charge is 2.02. The number of fused-ring (bicyclic) bond motifs is 1. The van der Waals surface area contributed by atoms with E-state index in [9.17, 15) is 0 Å². The maximum atomic E-state index is 5.93. The third-order valence-corrected chi connectivity index (χ3v) is 4.34. The Labute approximate surface area is 162 Å². The zero-order valence-electron chi connectivity index (χ0n) is 15.4. The topological polar surface area (TPSA) is 22.1 Å². The number of benzene rings is 2. The quantitative estimate of drug-likeness (QED) is 0.433. The summed E-state index contributed by atoms with van der Waals surface area (Å²) in [7, 11) is 0. The summed E-state index contributed by atoms with van der Waals surface area (Å²) in [5, 5.41) is 2.51. The summed E-state index contributed by atoms with van der Waals surface area (Å²) < 4.78 is 5.93. The molecule has 0 saturated carbocycles. The van der Waals surface area contributed by atoms with Crippen LogP contribution in [0.15, 0.2) is 54.7 Å². The van der Waals surface area contributed by atoms with Crippen molar-refractivity contribution in [2.45, 2.75) is 33.1 Å². The van der Waals surface area contributed by atoms with E-state index in [1.165, 1.54) is 29.2 Å². The van der Waals surface area contributed by atoms with Crippen molar-refractivity contribution in [1.29, 1.82) is 0 Å². The number of aryl methyl sites for hydroxylation is 1. The van der Waals surface area contributed by atoms with Crippen molar-refractivity contribution in [1.82, 2.24) is 4.98 Å². The zero-order valence-corrected chi connectivity index (χ0v) is 16.3. The molecule has 0 unspecified atom stereocenters. The summed E-state index contributed by atoms with van der Waals surface area (Å²) in [5.41, 5.74) is 3.20. The van der Waals surface area contributed by atoms with E-state index in [4.69, 9.17) is 4.74 Å². The maximum Gasteiger partial charge on any atom is 0.125 e. The van der Waals surface area contributed by atoms with Gasteiger partial charge in [-0.3, -0.25) is 4.98 Å². The van der Waals surface area contributed by atoms with Crippen LogP contribution in [0.1, 0.15) is 43.0 Å². The molecule has 2 nitrogen and oxygen atoms in total. The number of hydrogen-bond donors (Lipinski definition) is 0. The van der Waals surface area contributed by atoms with E-state index in [0.717, 1.165) is 30.0 Å². The SMILES string of the molecule is CCCCCOc1cc(C=Cc2cccc3ccccc23)ncc1C.Cl. The second kappa shape index (κ2) is 9.98. The van der Waals surface area contributed by atoms with Gasteiger partial charge in [0.25, 0.3) is 0 Å². The van der Waals surface area contributed by atoms with Gasteiger partial charge >= 0.3 is 0 Å². The lowest BCUT2D eigenvalue weighted by molar-refractivity contribution is 0.304. The number of rotatable bonds is 7. The van der Waals surface area contributed by atoms with Crippen LogP contribution < -0.4 is 4.74 Å². The van der Waals surface area contributed by atoms with Gasteiger partial charge in [-0.25, -0.2) is 0 Å². The Morgan fingerprint density at radius 1 is 1.00 bits per heavy atom. The first-order chi connectivity index (χ1) is 12.3. The number of ether oxygens (including phenoxy) is 1. The van der Waals surface area contributed by atoms with Crippen molar-refractivity contribution in [2.24, 2.45) is 0 Å². The zero-order chi connectivity index (χ0) is 17.5. The molecule has 26 heavy (non-hydrogen) atoms. The highest BCUT2D eigenvalue weighted by atomic mass is 35.5. The fourth-order valence-corrected chi connectivity index (χ4v) is 2.87. The third kappa shape index (κ3) is 5.09. The lowest BCUT2D eigenvalue weighted by Gasteiger charge is -2.09. The third-order valence-electron chi connectivity index (χ3n) is 4.34. The van der Waals surface area contributed by atoms with Crippen molar-refractivity contribution in [3.63, 3.8) is 0 Å². The summed E-state index contributed by atoms with van der Waals surface area (Å²) in [5.74, 6) is 0.934. The van der Waals surface area contributed by atoms with Crippen LogP contribution in [0.25, 0.3) is 22.9 Å². The molecule has 0 aliphatic heterocycles. The van der Waals surface area contributed by atoms with Gasteiger partial charge in [-0.05, 0) is 35.8 Å². The van der Waals surface area contributed by atoms with Crippen LogP contribution in [-0.2, 0) is 0 Å². The summed E-state index contributed by atoms with van der Waals surface area (Å²) >= 11 is 0. The molecule has 0 atom stereocenters. The number of unbranched alkanes of at least 4 members (excludes halogenated alkanes) is 2. The Morgan fingerprint density at radius 3 is 2.65 bits per heavy atom. The molecule has 0 amide bonds. The van der Waals surface area contributed by atoms with Gasteiger partial charge in [-0.2, -0.15) is 0 Å². The molecule has 136 valence electrons. The average molecular weight is 368 g/mol. The molecule has 0 radical (unpaired) electrons.